The van der Waals surface area contributed by atoms with Gasteiger partial charge in [-0.25, -0.2) is 0 Å². The zero-order valence-electron chi connectivity index (χ0n) is 17.0. The number of hydrogen-bond acceptors (Lipinski definition) is 1. The van der Waals surface area contributed by atoms with Gasteiger partial charge in [0.2, 0.25) is 0 Å². The summed E-state index contributed by atoms with van der Waals surface area (Å²) in [6.45, 7) is 4.58. The van der Waals surface area contributed by atoms with Crippen LogP contribution in [0, 0.1) is 0 Å². The van der Waals surface area contributed by atoms with Gasteiger partial charge in [0, 0.05) is 4.57 Å². The van der Waals surface area contributed by atoms with E-state index in [1.807, 2.05) is 0 Å². The fourth-order valence-electron chi connectivity index (χ4n) is 3.24. The lowest BCUT2D eigenvalue weighted by atomic mass is 9.96. The number of benzene rings is 1. The van der Waals surface area contributed by atoms with Gasteiger partial charge in [-0.05, 0) is 36.8 Å². The maximum atomic E-state index is 8.70. The third kappa shape index (κ3) is 16.7. The maximum absolute atomic E-state index is 8.70. The van der Waals surface area contributed by atoms with E-state index in [1.54, 1.807) is 11.1 Å². The van der Waals surface area contributed by atoms with Crippen LogP contribution in [0.4, 0.5) is 0 Å². The molecule has 26 heavy (non-hydrogen) atoms. The van der Waals surface area contributed by atoms with Crippen molar-refractivity contribution in [1.29, 1.82) is 0 Å². The molecule has 0 unspecified atom stereocenters. The van der Waals surface area contributed by atoms with E-state index in [-0.39, 0.29) is 0 Å². The predicted octanol–water partition coefficient (Wildman–Crippen LogP) is 7.12. The Balaban J connectivity index is 0.00000141. The van der Waals surface area contributed by atoms with Crippen molar-refractivity contribution in [1.82, 2.24) is 0 Å². The fourth-order valence-corrected chi connectivity index (χ4v) is 3.24. The Bertz CT molecular complexity index is 410. The quantitative estimate of drug-likeness (QED) is 0.265. The molecule has 150 valence electrons. The smallest absolute Gasteiger partial charge is 0.134 e. The molecule has 0 aliphatic carbocycles. The maximum Gasteiger partial charge on any atom is 0.692 e. The highest BCUT2D eigenvalue weighted by Gasteiger charge is 2.02. The number of aryl methyl sites for hydroxylation is 2. The molecular formula is C22H40O3P+. The molecule has 4 heteroatoms. The monoisotopic (exact) mass is 383 g/mol. The molecule has 0 aliphatic rings. The molecule has 0 saturated heterocycles. The van der Waals surface area contributed by atoms with Gasteiger partial charge in [0.1, 0.15) is 0 Å². The molecule has 0 aromatic heterocycles. The Morgan fingerprint density at radius 2 is 0.962 bits per heavy atom. The van der Waals surface area contributed by atoms with Gasteiger partial charge in [0.05, 0.1) is 0 Å². The van der Waals surface area contributed by atoms with Gasteiger partial charge >= 0.3 is 8.25 Å². The molecule has 1 rings (SSSR count). The highest BCUT2D eigenvalue weighted by molar-refractivity contribution is 7.30. The molecule has 0 radical (unpaired) electrons. The first-order chi connectivity index (χ1) is 12.6. The van der Waals surface area contributed by atoms with Crippen LogP contribution in [0.3, 0.4) is 0 Å². The summed E-state index contributed by atoms with van der Waals surface area (Å²) in [5.41, 5.74) is 3.23. The van der Waals surface area contributed by atoms with Crippen LogP contribution in [0.25, 0.3) is 0 Å². The van der Waals surface area contributed by atoms with Crippen molar-refractivity contribution in [2.24, 2.45) is 0 Å². The van der Waals surface area contributed by atoms with E-state index in [1.165, 1.54) is 89.9 Å². The minimum absolute atomic E-state index is 1.29. The SMILES string of the molecule is CCCCCCCCc1ccccc1CCCCCCCC.O=[P+](O)O. The summed E-state index contributed by atoms with van der Waals surface area (Å²) < 4.78 is 8.70. The zero-order chi connectivity index (χ0) is 19.5. The number of rotatable bonds is 14. The summed E-state index contributed by atoms with van der Waals surface area (Å²) in [6.07, 6.45) is 19.4. The fraction of sp³-hybridized carbons (Fsp3) is 0.727. The molecular weight excluding hydrogens is 343 g/mol. The lowest BCUT2D eigenvalue weighted by Gasteiger charge is -2.09. The van der Waals surface area contributed by atoms with E-state index in [9.17, 15) is 0 Å². The van der Waals surface area contributed by atoms with Crippen molar-refractivity contribution in [2.75, 3.05) is 0 Å². The lowest BCUT2D eigenvalue weighted by molar-refractivity contribution is 0.405. The minimum atomic E-state index is -2.87. The predicted molar refractivity (Wildman–Crippen MR) is 113 cm³/mol. The molecule has 0 bridgehead atoms. The first kappa shape index (κ1) is 25.2. The second kappa shape index (κ2) is 19.0. The average Bonchev–Trinajstić information content (AvgIpc) is 2.61. The Kier molecular flexibility index (Phi) is 18.5. The molecule has 0 fully saturated rings. The first-order valence-electron chi connectivity index (χ1n) is 10.5. The summed E-state index contributed by atoms with van der Waals surface area (Å²) >= 11 is 0. The molecule has 3 nitrogen and oxygen atoms in total. The third-order valence-corrected chi connectivity index (χ3v) is 4.72. The van der Waals surface area contributed by atoms with Crippen molar-refractivity contribution in [3.63, 3.8) is 0 Å². The van der Waals surface area contributed by atoms with Crippen LogP contribution in [0.15, 0.2) is 24.3 Å². The summed E-state index contributed by atoms with van der Waals surface area (Å²) in [6, 6.07) is 9.16. The van der Waals surface area contributed by atoms with E-state index in [2.05, 4.69) is 38.1 Å². The Morgan fingerprint density at radius 1 is 0.654 bits per heavy atom. The van der Waals surface area contributed by atoms with E-state index < -0.39 is 8.25 Å². The van der Waals surface area contributed by atoms with E-state index in [0.29, 0.717) is 0 Å². The Labute approximate surface area is 162 Å². The van der Waals surface area contributed by atoms with Crippen molar-refractivity contribution >= 4 is 8.25 Å². The molecule has 1 aromatic rings. The van der Waals surface area contributed by atoms with Gasteiger partial charge in [0.25, 0.3) is 0 Å². The zero-order valence-corrected chi connectivity index (χ0v) is 17.9. The molecule has 2 N–H and O–H groups in total. The minimum Gasteiger partial charge on any atom is -0.134 e. The van der Waals surface area contributed by atoms with Crippen LogP contribution in [-0.2, 0) is 17.4 Å². The first-order valence-corrected chi connectivity index (χ1v) is 11.7. The van der Waals surface area contributed by atoms with Crippen molar-refractivity contribution < 1.29 is 14.4 Å². The Hall–Kier alpha value is -0.760. The van der Waals surface area contributed by atoms with E-state index in [0.717, 1.165) is 0 Å². The molecule has 0 heterocycles. The van der Waals surface area contributed by atoms with Crippen molar-refractivity contribution in [2.45, 2.75) is 104 Å². The topological polar surface area (TPSA) is 57.5 Å². The van der Waals surface area contributed by atoms with Crippen LogP contribution < -0.4 is 0 Å². The van der Waals surface area contributed by atoms with E-state index in [4.69, 9.17) is 14.4 Å². The second-order valence-electron chi connectivity index (χ2n) is 7.06. The standard InChI is InChI=1S/C22H38.HO3P/c1-3-5-7-9-11-13-17-21-19-15-16-20-22(21)18-14-12-10-8-6-4-2;1-4(2)3/h15-16,19-20H,3-14,17-18H2,1-2H3;(H-,1,2,3)/p+1. The lowest BCUT2D eigenvalue weighted by Crippen LogP contribution is -1.95. The van der Waals surface area contributed by atoms with Gasteiger partial charge in [-0.15, -0.1) is 9.79 Å². The van der Waals surface area contributed by atoms with Crippen LogP contribution in [0.2, 0.25) is 0 Å². The molecule has 0 spiro atoms. The second-order valence-corrected chi connectivity index (χ2v) is 7.56. The number of unbranched alkanes of at least 4 members (excludes halogenated alkanes) is 10. The highest BCUT2D eigenvalue weighted by Crippen LogP contribution is 2.17. The summed E-state index contributed by atoms with van der Waals surface area (Å²) in [5, 5.41) is 0. The van der Waals surface area contributed by atoms with Gasteiger partial charge < -0.3 is 0 Å². The van der Waals surface area contributed by atoms with E-state index >= 15 is 0 Å². The van der Waals surface area contributed by atoms with Crippen LogP contribution >= 0.6 is 8.25 Å². The highest BCUT2D eigenvalue weighted by atomic mass is 31.1. The molecule has 0 amide bonds. The largest absolute Gasteiger partial charge is 0.692 e. The molecule has 0 atom stereocenters. The molecule has 1 aromatic carbocycles. The van der Waals surface area contributed by atoms with Crippen molar-refractivity contribution in [3.05, 3.63) is 35.4 Å². The molecule has 0 aliphatic heterocycles. The van der Waals surface area contributed by atoms with Gasteiger partial charge in [-0.2, -0.15) is 0 Å². The normalized spacial score (nSPS) is 10.3. The number of hydrogen-bond donors (Lipinski definition) is 2. The molecule has 0 saturated carbocycles. The summed E-state index contributed by atoms with van der Waals surface area (Å²) in [4.78, 5) is 14.2. The third-order valence-electron chi connectivity index (χ3n) is 4.72. The summed E-state index contributed by atoms with van der Waals surface area (Å²) in [5.74, 6) is 0. The average molecular weight is 384 g/mol. The van der Waals surface area contributed by atoms with Gasteiger partial charge in [-0.3, -0.25) is 0 Å². The van der Waals surface area contributed by atoms with Gasteiger partial charge in [0.15, 0.2) is 0 Å². The van der Waals surface area contributed by atoms with Crippen LogP contribution in [0.5, 0.6) is 0 Å². The Morgan fingerprint density at radius 3 is 1.31 bits per heavy atom. The van der Waals surface area contributed by atoms with Crippen molar-refractivity contribution in [3.8, 4) is 0 Å². The summed E-state index contributed by atoms with van der Waals surface area (Å²) in [7, 11) is -2.87. The van der Waals surface area contributed by atoms with Crippen LogP contribution in [0.1, 0.15) is 102 Å². The van der Waals surface area contributed by atoms with Crippen LogP contribution in [-0.4, -0.2) is 9.79 Å². The van der Waals surface area contributed by atoms with Gasteiger partial charge in [-0.1, -0.05) is 102 Å².